The standard InChI is InChI=1S/C16H16ClN3OS/c17-15-4-3-13(11-18-15)19-16(21)20-7-5-12(6-8-20)10-14-2-1-9-22-14/h1-4,9-11H,5-8H2,(H,19,21). The monoisotopic (exact) mass is 333 g/mol. The molecule has 0 unspecified atom stereocenters. The fourth-order valence-electron chi connectivity index (χ4n) is 2.37. The molecule has 2 amide bonds. The molecule has 0 bridgehead atoms. The van der Waals surface area contributed by atoms with Gasteiger partial charge in [0, 0.05) is 18.0 Å². The lowest BCUT2D eigenvalue weighted by Crippen LogP contribution is -2.39. The number of piperidine rings is 1. The van der Waals surface area contributed by atoms with Crippen LogP contribution in [0.4, 0.5) is 10.5 Å². The number of aromatic nitrogens is 1. The van der Waals surface area contributed by atoms with Gasteiger partial charge in [0.2, 0.25) is 0 Å². The van der Waals surface area contributed by atoms with Crippen LogP contribution in [0.15, 0.2) is 41.4 Å². The molecule has 1 aliphatic rings. The van der Waals surface area contributed by atoms with E-state index in [0.29, 0.717) is 10.8 Å². The second-order valence-corrected chi connectivity index (χ2v) is 6.47. The molecule has 1 saturated heterocycles. The molecule has 6 heteroatoms. The zero-order chi connectivity index (χ0) is 15.4. The number of nitrogens with zero attached hydrogens (tertiary/aromatic N) is 2. The third kappa shape index (κ3) is 3.87. The van der Waals surface area contributed by atoms with Crippen molar-refractivity contribution in [2.45, 2.75) is 12.8 Å². The van der Waals surface area contributed by atoms with Crippen LogP contribution in [0.2, 0.25) is 5.15 Å². The number of amides is 2. The molecule has 2 aromatic heterocycles. The first kappa shape index (κ1) is 15.1. The molecule has 0 radical (unpaired) electrons. The van der Waals surface area contributed by atoms with Gasteiger partial charge in [0.15, 0.2) is 0 Å². The van der Waals surface area contributed by atoms with E-state index in [1.54, 1.807) is 29.7 Å². The van der Waals surface area contributed by atoms with E-state index in [4.69, 9.17) is 11.6 Å². The third-order valence-electron chi connectivity index (χ3n) is 3.56. The molecule has 1 aliphatic heterocycles. The van der Waals surface area contributed by atoms with Gasteiger partial charge in [-0.2, -0.15) is 0 Å². The number of nitrogens with one attached hydrogen (secondary N) is 1. The van der Waals surface area contributed by atoms with Crippen molar-refractivity contribution in [1.29, 1.82) is 0 Å². The number of urea groups is 1. The van der Waals surface area contributed by atoms with Crippen LogP contribution in [0.3, 0.4) is 0 Å². The van der Waals surface area contributed by atoms with E-state index in [-0.39, 0.29) is 6.03 Å². The number of halogens is 1. The summed E-state index contributed by atoms with van der Waals surface area (Å²) in [7, 11) is 0. The van der Waals surface area contributed by atoms with Gasteiger partial charge in [-0.05, 0) is 42.5 Å². The van der Waals surface area contributed by atoms with Gasteiger partial charge in [-0.3, -0.25) is 0 Å². The Labute approximate surface area is 138 Å². The second-order valence-electron chi connectivity index (χ2n) is 5.10. The predicted molar refractivity (Wildman–Crippen MR) is 91.4 cm³/mol. The number of carbonyl (C=O) groups is 1. The van der Waals surface area contributed by atoms with Crippen molar-refractivity contribution < 1.29 is 4.79 Å². The van der Waals surface area contributed by atoms with Gasteiger partial charge < -0.3 is 10.2 Å². The number of rotatable bonds is 2. The maximum atomic E-state index is 12.2. The molecule has 4 nitrogen and oxygen atoms in total. The van der Waals surface area contributed by atoms with Crippen molar-refractivity contribution in [3.05, 3.63) is 51.4 Å². The summed E-state index contributed by atoms with van der Waals surface area (Å²) in [4.78, 5) is 19.3. The van der Waals surface area contributed by atoms with Crippen molar-refractivity contribution in [3.63, 3.8) is 0 Å². The number of anilines is 1. The van der Waals surface area contributed by atoms with Gasteiger partial charge in [-0.15, -0.1) is 11.3 Å². The lowest BCUT2D eigenvalue weighted by Gasteiger charge is -2.28. The van der Waals surface area contributed by atoms with E-state index < -0.39 is 0 Å². The molecule has 1 fully saturated rings. The molecule has 2 aromatic rings. The molecule has 0 aromatic carbocycles. The van der Waals surface area contributed by atoms with Gasteiger partial charge in [-0.1, -0.05) is 23.2 Å². The van der Waals surface area contributed by atoms with Crippen molar-refractivity contribution in [2.75, 3.05) is 18.4 Å². The maximum absolute atomic E-state index is 12.2. The quantitative estimate of drug-likeness (QED) is 0.822. The lowest BCUT2D eigenvalue weighted by atomic mass is 10.0. The van der Waals surface area contributed by atoms with E-state index in [0.717, 1.165) is 25.9 Å². The summed E-state index contributed by atoms with van der Waals surface area (Å²) >= 11 is 7.47. The van der Waals surface area contributed by atoms with E-state index in [9.17, 15) is 4.79 Å². The molecular formula is C16H16ClN3OS. The number of carbonyl (C=O) groups excluding carboxylic acids is 1. The average molecular weight is 334 g/mol. The lowest BCUT2D eigenvalue weighted by molar-refractivity contribution is 0.208. The third-order valence-corrected chi connectivity index (χ3v) is 4.60. The van der Waals surface area contributed by atoms with Gasteiger partial charge in [0.25, 0.3) is 0 Å². The highest BCUT2D eigenvalue weighted by Crippen LogP contribution is 2.22. The highest BCUT2D eigenvalue weighted by molar-refractivity contribution is 7.10. The zero-order valence-corrected chi connectivity index (χ0v) is 13.5. The van der Waals surface area contributed by atoms with Crippen LogP contribution in [0, 0.1) is 0 Å². The minimum Gasteiger partial charge on any atom is -0.324 e. The Morgan fingerprint density at radius 2 is 2.14 bits per heavy atom. The molecule has 3 heterocycles. The van der Waals surface area contributed by atoms with Gasteiger partial charge in [0.1, 0.15) is 5.15 Å². The Morgan fingerprint density at radius 1 is 1.32 bits per heavy atom. The second kappa shape index (κ2) is 6.94. The van der Waals surface area contributed by atoms with E-state index in [1.165, 1.54) is 10.5 Å². The Morgan fingerprint density at radius 3 is 2.77 bits per heavy atom. The minimum atomic E-state index is -0.0840. The van der Waals surface area contributed by atoms with Crippen LogP contribution in [0.1, 0.15) is 17.7 Å². The zero-order valence-electron chi connectivity index (χ0n) is 12.0. The molecule has 0 saturated carbocycles. The smallest absolute Gasteiger partial charge is 0.321 e. The van der Waals surface area contributed by atoms with E-state index in [1.807, 2.05) is 4.90 Å². The molecular weight excluding hydrogens is 318 g/mol. The van der Waals surface area contributed by atoms with E-state index >= 15 is 0 Å². The normalized spacial score (nSPS) is 14.8. The Hall–Kier alpha value is -1.85. The molecule has 114 valence electrons. The van der Waals surface area contributed by atoms with Crippen LogP contribution in [-0.4, -0.2) is 29.0 Å². The number of hydrogen-bond donors (Lipinski definition) is 1. The van der Waals surface area contributed by atoms with Crippen LogP contribution in [0.25, 0.3) is 6.08 Å². The van der Waals surface area contributed by atoms with Crippen LogP contribution in [-0.2, 0) is 0 Å². The van der Waals surface area contributed by atoms with Crippen molar-refractivity contribution in [3.8, 4) is 0 Å². The highest BCUT2D eigenvalue weighted by atomic mass is 35.5. The van der Waals surface area contributed by atoms with Gasteiger partial charge in [-0.25, -0.2) is 9.78 Å². The first-order valence-corrected chi connectivity index (χ1v) is 8.37. The summed E-state index contributed by atoms with van der Waals surface area (Å²) in [5, 5.41) is 5.34. The summed E-state index contributed by atoms with van der Waals surface area (Å²) in [5.74, 6) is 0. The van der Waals surface area contributed by atoms with Crippen LogP contribution in [0.5, 0.6) is 0 Å². The molecule has 0 spiro atoms. The highest BCUT2D eigenvalue weighted by Gasteiger charge is 2.19. The summed E-state index contributed by atoms with van der Waals surface area (Å²) < 4.78 is 0. The average Bonchev–Trinajstić information content (AvgIpc) is 3.03. The minimum absolute atomic E-state index is 0.0840. The fourth-order valence-corrected chi connectivity index (χ4v) is 3.19. The van der Waals surface area contributed by atoms with Crippen molar-refractivity contribution >= 4 is 40.7 Å². The number of hydrogen-bond acceptors (Lipinski definition) is 3. The molecule has 0 aliphatic carbocycles. The van der Waals surface area contributed by atoms with E-state index in [2.05, 4.69) is 33.9 Å². The van der Waals surface area contributed by atoms with Gasteiger partial charge >= 0.3 is 6.03 Å². The molecule has 0 atom stereocenters. The summed E-state index contributed by atoms with van der Waals surface area (Å²) in [6, 6.07) is 7.50. The Bertz CT molecular complexity index is 657. The first-order valence-electron chi connectivity index (χ1n) is 7.11. The molecule has 1 N–H and O–H groups in total. The largest absolute Gasteiger partial charge is 0.324 e. The van der Waals surface area contributed by atoms with Crippen molar-refractivity contribution in [2.24, 2.45) is 0 Å². The van der Waals surface area contributed by atoms with Gasteiger partial charge in [0.05, 0.1) is 11.9 Å². The topological polar surface area (TPSA) is 45.2 Å². The number of likely N-dealkylation sites (tertiary alicyclic amines) is 1. The number of pyridine rings is 1. The predicted octanol–water partition coefficient (Wildman–Crippen LogP) is 4.51. The SMILES string of the molecule is O=C(Nc1ccc(Cl)nc1)N1CCC(=Cc2cccs2)CC1. The molecule has 3 rings (SSSR count). The Kier molecular flexibility index (Phi) is 4.75. The fraction of sp³-hybridized carbons (Fsp3) is 0.250. The van der Waals surface area contributed by atoms with Crippen molar-refractivity contribution in [1.82, 2.24) is 9.88 Å². The first-order chi connectivity index (χ1) is 10.7. The summed E-state index contributed by atoms with van der Waals surface area (Å²) in [6.07, 6.45) is 5.64. The molecule has 22 heavy (non-hydrogen) atoms. The summed E-state index contributed by atoms with van der Waals surface area (Å²) in [6.45, 7) is 1.48. The van der Waals surface area contributed by atoms with Crippen LogP contribution >= 0.6 is 22.9 Å². The maximum Gasteiger partial charge on any atom is 0.321 e. The van der Waals surface area contributed by atoms with Crippen LogP contribution < -0.4 is 5.32 Å². The summed E-state index contributed by atoms with van der Waals surface area (Å²) in [5.41, 5.74) is 2.06. The number of thiophene rings is 1. The Balaban J connectivity index is 1.54.